The predicted octanol–water partition coefficient (Wildman–Crippen LogP) is 2.14. The van der Waals surface area contributed by atoms with Crippen molar-refractivity contribution in [2.24, 2.45) is 0 Å². The molecule has 0 bridgehead atoms. The van der Waals surface area contributed by atoms with E-state index in [0.717, 1.165) is 12.8 Å². The number of piperidine rings is 1. The van der Waals surface area contributed by atoms with Crippen LogP contribution >= 0.6 is 0 Å². The lowest BCUT2D eigenvalue weighted by molar-refractivity contribution is -0.135. The standard InChI is InChI=1S/C20H25FN6O3/c1-11-4-5-12(10-26(11)17(28)6-7-29-2)18-24-19-13-8-14(21)16(30-3)9-15(13)23-20(22)27(19)25-18/h8-9,11-12H,4-7,10H2,1-3H3,(H2,22,23)/t11-,12+/m0/s1. The van der Waals surface area contributed by atoms with Crippen molar-refractivity contribution in [2.75, 3.05) is 33.1 Å². The largest absolute Gasteiger partial charge is 0.494 e. The Morgan fingerprint density at radius 3 is 2.83 bits per heavy atom. The average Bonchev–Trinajstić information content (AvgIpc) is 3.19. The van der Waals surface area contributed by atoms with Gasteiger partial charge in [0.15, 0.2) is 23.0 Å². The number of likely N-dealkylation sites (tertiary alicyclic amines) is 1. The van der Waals surface area contributed by atoms with Crippen molar-refractivity contribution < 1.29 is 18.7 Å². The minimum absolute atomic E-state index is 0.0369. The third-order valence-corrected chi connectivity index (χ3v) is 5.67. The molecule has 2 N–H and O–H groups in total. The monoisotopic (exact) mass is 416 g/mol. The first-order valence-electron chi connectivity index (χ1n) is 9.90. The summed E-state index contributed by atoms with van der Waals surface area (Å²) >= 11 is 0. The number of hydrogen-bond donors (Lipinski definition) is 1. The minimum atomic E-state index is -0.510. The SMILES string of the molecule is COCCC(=O)N1C[C@H](c2nc3c4cc(F)c(OC)cc4nc(N)n3n2)CC[C@@H]1C. The van der Waals surface area contributed by atoms with E-state index in [1.54, 1.807) is 7.11 Å². The average molecular weight is 416 g/mol. The third kappa shape index (κ3) is 3.51. The molecule has 0 radical (unpaired) electrons. The van der Waals surface area contributed by atoms with E-state index in [1.807, 2.05) is 11.8 Å². The fourth-order valence-corrected chi connectivity index (χ4v) is 3.97. The number of amides is 1. The number of carbonyl (C=O) groups excluding carboxylic acids is 1. The van der Waals surface area contributed by atoms with Crippen LogP contribution in [0.15, 0.2) is 12.1 Å². The van der Waals surface area contributed by atoms with Crippen molar-refractivity contribution >= 4 is 28.4 Å². The Kier molecular flexibility index (Phi) is 5.42. The van der Waals surface area contributed by atoms with Gasteiger partial charge in [0.05, 0.1) is 25.7 Å². The number of aromatic nitrogens is 4. The molecule has 1 saturated heterocycles. The Morgan fingerprint density at radius 1 is 1.30 bits per heavy atom. The van der Waals surface area contributed by atoms with Crippen LogP contribution in [0.25, 0.3) is 16.6 Å². The summed E-state index contributed by atoms with van der Waals surface area (Å²) in [5.74, 6) is 0.323. The Labute approximate surface area is 173 Å². The molecule has 10 heteroatoms. The van der Waals surface area contributed by atoms with Gasteiger partial charge in [0.25, 0.3) is 0 Å². The maximum Gasteiger partial charge on any atom is 0.225 e. The van der Waals surface area contributed by atoms with E-state index in [4.69, 9.17) is 15.2 Å². The second-order valence-corrected chi connectivity index (χ2v) is 7.59. The van der Waals surface area contributed by atoms with Crippen molar-refractivity contribution in [2.45, 2.75) is 38.1 Å². The Balaban J connectivity index is 1.71. The van der Waals surface area contributed by atoms with Crippen LogP contribution in [0.1, 0.15) is 37.9 Å². The number of nitrogens with zero attached hydrogens (tertiary/aromatic N) is 5. The van der Waals surface area contributed by atoms with Gasteiger partial charge in [-0.2, -0.15) is 4.52 Å². The van der Waals surface area contributed by atoms with E-state index in [2.05, 4.69) is 15.1 Å². The van der Waals surface area contributed by atoms with E-state index >= 15 is 0 Å². The van der Waals surface area contributed by atoms with Crippen LogP contribution in [0.2, 0.25) is 0 Å². The minimum Gasteiger partial charge on any atom is -0.494 e. The molecular weight excluding hydrogens is 391 g/mol. The van der Waals surface area contributed by atoms with Crippen molar-refractivity contribution in [1.82, 2.24) is 24.5 Å². The molecule has 30 heavy (non-hydrogen) atoms. The van der Waals surface area contributed by atoms with E-state index in [-0.39, 0.29) is 29.6 Å². The highest BCUT2D eigenvalue weighted by atomic mass is 19.1. The van der Waals surface area contributed by atoms with Gasteiger partial charge < -0.3 is 20.1 Å². The highest BCUT2D eigenvalue weighted by molar-refractivity contribution is 5.93. The molecule has 0 aliphatic carbocycles. The van der Waals surface area contributed by atoms with E-state index in [0.29, 0.717) is 41.9 Å². The third-order valence-electron chi connectivity index (χ3n) is 5.67. The zero-order chi connectivity index (χ0) is 21.4. The molecule has 3 aromatic rings. The summed E-state index contributed by atoms with van der Waals surface area (Å²) in [4.78, 5) is 23.4. The second-order valence-electron chi connectivity index (χ2n) is 7.59. The molecule has 1 aliphatic heterocycles. The summed E-state index contributed by atoms with van der Waals surface area (Å²) in [6, 6.07) is 2.97. The van der Waals surface area contributed by atoms with Crippen molar-refractivity contribution in [3.63, 3.8) is 0 Å². The normalized spacial score (nSPS) is 19.5. The Morgan fingerprint density at radius 2 is 2.10 bits per heavy atom. The number of methoxy groups -OCH3 is 2. The zero-order valence-corrected chi connectivity index (χ0v) is 17.3. The number of ether oxygens (including phenoxy) is 2. The topological polar surface area (TPSA) is 108 Å². The van der Waals surface area contributed by atoms with E-state index in [1.165, 1.54) is 23.8 Å². The van der Waals surface area contributed by atoms with Gasteiger partial charge in [-0.3, -0.25) is 4.79 Å². The molecule has 0 spiro atoms. The molecule has 4 rings (SSSR count). The number of nitrogens with two attached hydrogens (primary N) is 1. The number of carbonyl (C=O) groups is 1. The van der Waals surface area contributed by atoms with Gasteiger partial charge in [-0.15, -0.1) is 5.10 Å². The van der Waals surface area contributed by atoms with E-state index < -0.39 is 5.82 Å². The summed E-state index contributed by atoms with van der Waals surface area (Å²) in [5, 5.41) is 5.04. The van der Waals surface area contributed by atoms with Gasteiger partial charge in [-0.1, -0.05) is 0 Å². The van der Waals surface area contributed by atoms with Gasteiger partial charge in [-0.05, 0) is 25.8 Å². The molecule has 1 fully saturated rings. The lowest BCUT2D eigenvalue weighted by atomic mass is 9.92. The second kappa shape index (κ2) is 8.02. The number of anilines is 1. The smallest absolute Gasteiger partial charge is 0.225 e. The van der Waals surface area contributed by atoms with Gasteiger partial charge in [0.1, 0.15) is 0 Å². The highest BCUT2D eigenvalue weighted by Crippen LogP contribution is 2.31. The van der Waals surface area contributed by atoms with Crippen molar-refractivity contribution in [3.8, 4) is 5.75 Å². The number of fused-ring (bicyclic) bond motifs is 3. The molecule has 1 amide bonds. The summed E-state index contributed by atoms with van der Waals surface area (Å²) in [6.45, 7) is 2.96. The van der Waals surface area contributed by atoms with Crippen LogP contribution in [-0.2, 0) is 9.53 Å². The molecule has 2 aromatic heterocycles. The predicted molar refractivity (Wildman–Crippen MR) is 109 cm³/mol. The Hall–Kier alpha value is -3.01. The summed E-state index contributed by atoms with van der Waals surface area (Å²) in [6.07, 6.45) is 2.04. The van der Waals surface area contributed by atoms with Crippen LogP contribution in [-0.4, -0.2) is 63.8 Å². The molecule has 3 heterocycles. The van der Waals surface area contributed by atoms with Gasteiger partial charge in [0.2, 0.25) is 11.9 Å². The molecule has 0 saturated carbocycles. The molecule has 2 atom stereocenters. The first-order valence-corrected chi connectivity index (χ1v) is 9.90. The maximum absolute atomic E-state index is 14.3. The summed E-state index contributed by atoms with van der Waals surface area (Å²) in [7, 11) is 2.97. The number of rotatable bonds is 5. The molecular formula is C20H25FN6O3. The number of halogens is 1. The first kappa shape index (κ1) is 20.3. The molecule has 1 aliphatic rings. The number of nitrogen functional groups attached to an aromatic ring is 1. The fraction of sp³-hybridized carbons (Fsp3) is 0.500. The molecule has 1 aromatic carbocycles. The van der Waals surface area contributed by atoms with Crippen LogP contribution in [0.5, 0.6) is 5.75 Å². The van der Waals surface area contributed by atoms with Gasteiger partial charge >= 0.3 is 0 Å². The van der Waals surface area contributed by atoms with Gasteiger partial charge in [0, 0.05) is 37.1 Å². The fourth-order valence-electron chi connectivity index (χ4n) is 3.97. The lowest BCUT2D eigenvalue weighted by Gasteiger charge is -2.37. The number of hydrogen-bond acceptors (Lipinski definition) is 7. The van der Waals surface area contributed by atoms with Gasteiger partial charge in [-0.25, -0.2) is 14.4 Å². The maximum atomic E-state index is 14.3. The van der Waals surface area contributed by atoms with Crippen molar-refractivity contribution in [3.05, 3.63) is 23.8 Å². The lowest BCUT2D eigenvalue weighted by Crippen LogP contribution is -2.45. The number of benzene rings is 1. The Bertz CT molecular complexity index is 1100. The zero-order valence-electron chi connectivity index (χ0n) is 17.3. The van der Waals surface area contributed by atoms with Crippen LogP contribution in [0, 0.1) is 5.82 Å². The highest BCUT2D eigenvalue weighted by Gasteiger charge is 2.32. The van der Waals surface area contributed by atoms with Crippen molar-refractivity contribution in [1.29, 1.82) is 0 Å². The summed E-state index contributed by atoms with van der Waals surface area (Å²) in [5.41, 5.74) is 7.00. The van der Waals surface area contributed by atoms with E-state index in [9.17, 15) is 9.18 Å². The van der Waals surface area contributed by atoms with Crippen LogP contribution in [0.3, 0.4) is 0 Å². The quantitative estimate of drug-likeness (QED) is 0.679. The summed E-state index contributed by atoms with van der Waals surface area (Å²) < 4.78 is 25.8. The molecule has 0 unspecified atom stereocenters. The molecule has 160 valence electrons. The van der Waals surface area contributed by atoms with Crippen LogP contribution in [0.4, 0.5) is 10.3 Å². The molecule has 9 nitrogen and oxygen atoms in total. The first-order chi connectivity index (χ1) is 14.4. The van der Waals surface area contributed by atoms with Crippen LogP contribution < -0.4 is 10.5 Å².